The van der Waals surface area contributed by atoms with E-state index in [-0.39, 0.29) is 11.7 Å². The number of para-hydroxylation sites is 1. The smallest absolute Gasteiger partial charge is 0.270 e. The van der Waals surface area contributed by atoms with E-state index in [9.17, 15) is 9.90 Å². The van der Waals surface area contributed by atoms with E-state index in [2.05, 4.69) is 0 Å². The second-order valence-corrected chi connectivity index (χ2v) is 7.14. The van der Waals surface area contributed by atoms with E-state index < -0.39 is 0 Å². The van der Waals surface area contributed by atoms with Crippen LogP contribution in [0.15, 0.2) is 47.4 Å². The molecule has 3 rings (SSSR count). The number of aryl methyl sites for hydroxylation is 1. The van der Waals surface area contributed by atoms with Crippen molar-refractivity contribution >= 4 is 46.0 Å². The van der Waals surface area contributed by atoms with Gasteiger partial charge in [0.15, 0.2) is 15.8 Å². The van der Waals surface area contributed by atoms with Gasteiger partial charge in [0.05, 0.1) is 17.2 Å². The number of thiocarbonyl (C=S) groups is 1. The number of carbonyl (C=O) groups is 1. The number of phenols is 1. The molecule has 1 saturated heterocycles. The number of ether oxygens (including phenoxy) is 1. The molecule has 0 radical (unpaired) electrons. The molecule has 128 valence electrons. The van der Waals surface area contributed by atoms with Crippen LogP contribution in [-0.4, -0.2) is 21.9 Å². The van der Waals surface area contributed by atoms with E-state index >= 15 is 0 Å². The van der Waals surface area contributed by atoms with E-state index in [0.29, 0.717) is 21.6 Å². The maximum atomic E-state index is 12.8. The molecule has 6 heteroatoms. The highest BCUT2D eigenvalue weighted by Gasteiger charge is 2.33. The molecule has 2 aromatic carbocycles. The maximum absolute atomic E-state index is 12.8. The second kappa shape index (κ2) is 7.29. The molecule has 0 spiro atoms. The Bertz CT molecular complexity index is 877. The number of rotatable bonds is 4. The molecule has 1 fully saturated rings. The Morgan fingerprint density at radius 3 is 2.76 bits per heavy atom. The van der Waals surface area contributed by atoms with Crippen molar-refractivity contribution in [3.8, 4) is 11.5 Å². The number of anilines is 1. The van der Waals surface area contributed by atoms with Crippen molar-refractivity contribution in [2.45, 2.75) is 13.8 Å². The van der Waals surface area contributed by atoms with E-state index in [0.717, 1.165) is 16.8 Å². The highest BCUT2D eigenvalue weighted by molar-refractivity contribution is 8.27. The molecule has 4 nitrogen and oxygen atoms in total. The second-order valence-electron chi connectivity index (χ2n) is 5.46. The molecule has 0 atom stereocenters. The summed E-state index contributed by atoms with van der Waals surface area (Å²) in [6.07, 6.45) is 1.76. The fourth-order valence-corrected chi connectivity index (χ4v) is 3.82. The van der Waals surface area contributed by atoms with Crippen LogP contribution < -0.4 is 9.64 Å². The van der Waals surface area contributed by atoms with Crippen molar-refractivity contribution in [1.29, 1.82) is 0 Å². The molecule has 1 heterocycles. The third-order valence-corrected chi connectivity index (χ3v) is 5.03. The minimum absolute atomic E-state index is 0.0754. The number of carbonyl (C=O) groups excluding carboxylic acids is 1. The lowest BCUT2D eigenvalue weighted by molar-refractivity contribution is -0.113. The normalized spacial score (nSPS) is 15.9. The van der Waals surface area contributed by atoms with Crippen LogP contribution >= 0.6 is 24.0 Å². The average molecular weight is 371 g/mol. The van der Waals surface area contributed by atoms with Gasteiger partial charge in [-0.1, -0.05) is 48.2 Å². The number of amides is 1. The Kier molecular flexibility index (Phi) is 5.11. The Hall–Kier alpha value is -2.31. The first kappa shape index (κ1) is 17.5. The lowest BCUT2D eigenvalue weighted by atomic mass is 10.1. The van der Waals surface area contributed by atoms with Crippen molar-refractivity contribution in [2.75, 3.05) is 11.5 Å². The Balaban J connectivity index is 1.93. The van der Waals surface area contributed by atoms with Crippen LogP contribution in [-0.2, 0) is 4.79 Å². The van der Waals surface area contributed by atoms with E-state index in [1.54, 1.807) is 29.2 Å². The van der Waals surface area contributed by atoms with Crippen molar-refractivity contribution in [3.63, 3.8) is 0 Å². The standard InChI is InChI=1S/C19H17NO3S2/c1-3-23-16-10-13(8-9-15(16)21)11-17-18(22)20(19(24)25-17)14-7-5-4-6-12(14)2/h4-11,21H,3H2,1-2H3/b17-11+. The van der Waals surface area contributed by atoms with Crippen LogP contribution in [0.4, 0.5) is 5.69 Å². The van der Waals surface area contributed by atoms with Crippen molar-refractivity contribution in [1.82, 2.24) is 0 Å². The summed E-state index contributed by atoms with van der Waals surface area (Å²) in [5.74, 6) is 0.326. The van der Waals surface area contributed by atoms with Crippen molar-refractivity contribution in [2.24, 2.45) is 0 Å². The van der Waals surface area contributed by atoms with Gasteiger partial charge in [-0.3, -0.25) is 9.69 Å². The van der Waals surface area contributed by atoms with Crippen LogP contribution in [0.3, 0.4) is 0 Å². The van der Waals surface area contributed by atoms with E-state index in [1.165, 1.54) is 11.8 Å². The van der Waals surface area contributed by atoms with Crippen molar-refractivity contribution < 1.29 is 14.6 Å². The summed E-state index contributed by atoms with van der Waals surface area (Å²) in [5, 5.41) is 9.80. The zero-order valence-corrected chi connectivity index (χ0v) is 15.5. The number of phenolic OH excluding ortho intramolecular Hbond substituents is 1. The summed E-state index contributed by atoms with van der Waals surface area (Å²) in [5.41, 5.74) is 2.56. The molecule has 2 aromatic rings. The highest BCUT2D eigenvalue weighted by atomic mass is 32.2. The highest BCUT2D eigenvalue weighted by Crippen LogP contribution is 2.38. The molecule has 0 unspecified atom stereocenters. The summed E-state index contributed by atoms with van der Waals surface area (Å²) < 4.78 is 5.90. The lowest BCUT2D eigenvalue weighted by Gasteiger charge is -2.16. The van der Waals surface area contributed by atoms with Gasteiger partial charge in [0, 0.05) is 0 Å². The minimum atomic E-state index is -0.143. The van der Waals surface area contributed by atoms with Gasteiger partial charge in [0.2, 0.25) is 0 Å². The van der Waals surface area contributed by atoms with E-state index in [1.807, 2.05) is 38.1 Å². The number of nitrogens with zero attached hydrogens (tertiary/aromatic N) is 1. The Morgan fingerprint density at radius 2 is 2.04 bits per heavy atom. The number of hydrogen-bond acceptors (Lipinski definition) is 5. The number of benzene rings is 2. The first-order valence-electron chi connectivity index (χ1n) is 7.80. The van der Waals surface area contributed by atoms with Crippen LogP contribution in [0, 0.1) is 6.92 Å². The maximum Gasteiger partial charge on any atom is 0.270 e. The zero-order chi connectivity index (χ0) is 18.0. The molecule has 0 saturated carbocycles. The number of aromatic hydroxyl groups is 1. The fourth-order valence-electron chi connectivity index (χ4n) is 2.53. The molecule has 1 amide bonds. The predicted octanol–water partition coefficient (Wildman–Crippen LogP) is 4.51. The van der Waals surface area contributed by atoms with Gasteiger partial charge in [-0.15, -0.1) is 0 Å². The summed E-state index contributed by atoms with van der Waals surface area (Å²) in [6, 6.07) is 12.6. The van der Waals surface area contributed by atoms with Crippen LogP contribution in [0.5, 0.6) is 11.5 Å². The lowest BCUT2D eigenvalue weighted by Crippen LogP contribution is -2.28. The molecule has 1 aliphatic heterocycles. The Morgan fingerprint density at radius 1 is 1.28 bits per heavy atom. The van der Waals surface area contributed by atoms with Gasteiger partial charge < -0.3 is 9.84 Å². The predicted molar refractivity (Wildman–Crippen MR) is 106 cm³/mol. The molecule has 0 bridgehead atoms. The third-order valence-electron chi connectivity index (χ3n) is 3.73. The molecule has 1 aliphatic rings. The largest absolute Gasteiger partial charge is 0.504 e. The number of hydrogen-bond donors (Lipinski definition) is 1. The Labute approximate surface area is 156 Å². The number of thioether (sulfide) groups is 1. The van der Waals surface area contributed by atoms with Gasteiger partial charge in [-0.2, -0.15) is 0 Å². The molecule has 1 N–H and O–H groups in total. The molecular formula is C19H17NO3S2. The van der Waals surface area contributed by atoms with Crippen LogP contribution in [0.25, 0.3) is 6.08 Å². The van der Waals surface area contributed by atoms with Gasteiger partial charge in [-0.05, 0) is 49.2 Å². The third kappa shape index (κ3) is 3.55. The molecule has 0 aliphatic carbocycles. The van der Waals surface area contributed by atoms with Crippen molar-refractivity contribution in [3.05, 3.63) is 58.5 Å². The minimum Gasteiger partial charge on any atom is -0.504 e. The zero-order valence-electron chi connectivity index (χ0n) is 13.9. The fraction of sp³-hybridized carbons (Fsp3) is 0.158. The van der Waals surface area contributed by atoms with Gasteiger partial charge in [-0.25, -0.2) is 0 Å². The first-order valence-corrected chi connectivity index (χ1v) is 9.03. The van der Waals surface area contributed by atoms with Gasteiger partial charge >= 0.3 is 0 Å². The van der Waals surface area contributed by atoms with Crippen LogP contribution in [0.1, 0.15) is 18.1 Å². The van der Waals surface area contributed by atoms with E-state index in [4.69, 9.17) is 17.0 Å². The SMILES string of the molecule is CCOc1cc(/C=C2/SC(=S)N(c3ccccc3C)C2=O)ccc1O. The molecular weight excluding hydrogens is 354 g/mol. The summed E-state index contributed by atoms with van der Waals surface area (Å²) in [7, 11) is 0. The topological polar surface area (TPSA) is 49.8 Å². The molecule has 25 heavy (non-hydrogen) atoms. The summed E-state index contributed by atoms with van der Waals surface area (Å²) in [6.45, 7) is 4.25. The first-order chi connectivity index (χ1) is 12.0. The quantitative estimate of drug-likeness (QED) is 0.633. The summed E-state index contributed by atoms with van der Waals surface area (Å²) >= 11 is 6.67. The molecule has 0 aromatic heterocycles. The van der Waals surface area contributed by atoms with Gasteiger partial charge in [0.25, 0.3) is 5.91 Å². The monoisotopic (exact) mass is 371 g/mol. The summed E-state index contributed by atoms with van der Waals surface area (Å²) in [4.78, 5) is 14.9. The van der Waals surface area contributed by atoms with Gasteiger partial charge in [0.1, 0.15) is 0 Å². The van der Waals surface area contributed by atoms with Crippen LogP contribution in [0.2, 0.25) is 0 Å². The average Bonchev–Trinajstić information content (AvgIpc) is 2.85.